The molecule has 1 aromatic carbocycles. The number of carboxylic acid groups (broad SMARTS) is 1. The number of likely N-dealkylation sites (tertiary alicyclic amines) is 1. The van der Waals surface area contributed by atoms with Crippen LogP contribution in [0.4, 0.5) is 0 Å². The summed E-state index contributed by atoms with van der Waals surface area (Å²) in [6.07, 6.45) is 2.91. The molecule has 2 saturated heterocycles. The second-order valence-corrected chi connectivity index (χ2v) is 6.67. The first kappa shape index (κ1) is 16.0. The molecule has 124 valence electrons. The van der Waals surface area contributed by atoms with Gasteiger partial charge >= 0.3 is 5.97 Å². The normalized spacial score (nSPS) is 23.1. The van der Waals surface area contributed by atoms with Crippen molar-refractivity contribution in [2.45, 2.75) is 37.6 Å². The van der Waals surface area contributed by atoms with Gasteiger partial charge in [0.25, 0.3) is 0 Å². The number of amides is 1. The molecule has 1 amide bonds. The van der Waals surface area contributed by atoms with Crippen LogP contribution in [-0.2, 0) is 20.7 Å². The van der Waals surface area contributed by atoms with Crippen molar-refractivity contribution in [2.75, 3.05) is 19.8 Å². The second-order valence-electron chi connectivity index (χ2n) is 6.67. The van der Waals surface area contributed by atoms with Crippen molar-refractivity contribution in [2.24, 2.45) is 5.92 Å². The van der Waals surface area contributed by atoms with E-state index in [4.69, 9.17) is 9.84 Å². The SMILES string of the molecule is O=C(O)CC1CN(C(=O)Cc2ccccc2)C2(CCOCC2)C1. The van der Waals surface area contributed by atoms with Crippen LogP contribution in [0.5, 0.6) is 0 Å². The first-order chi connectivity index (χ1) is 11.1. The smallest absolute Gasteiger partial charge is 0.303 e. The van der Waals surface area contributed by atoms with Crippen molar-refractivity contribution in [1.82, 2.24) is 4.90 Å². The first-order valence-corrected chi connectivity index (χ1v) is 8.23. The third-order valence-electron chi connectivity index (χ3n) is 5.07. The van der Waals surface area contributed by atoms with E-state index in [-0.39, 0.29) is 23.8 Å². The van der Waals surface area contributed by atoms with E-state index in [0.29, 0.717) is 26.2 Å². The van der Waals surface area contributed by atoms with E-state index in [2.05, 4.69) is 0 Å². The molecule has 1 spiro atoms. The highest BCUT2D eigenvalue weighted by atomic mass is 16.5. The van der Waals surface area contributed by atoms with Gasteiger partial charge in [0.2, 0.25) is 5.91 Å². The van der Waals surface area contributed by atoms with Gasteiger partial charge in [0.1, 0.15) is 0 Å². The molecule has 3 rings (SSSR count). The lowest BCUT2D eigenvalue weighted by atomic mass is 9.84. The third kappa shape index (κ3) is 3.55. The van der Waals surface area contributed by atoms with Crippen LogP contribution >= 0.6 is 0 Å². The molecule has 0 saturated carbocycles. The summed E-state index contributed by atoms with van der Waals surface area (Å²) >= 11 is 0. The summed E-state index contributed by atoms with van der Waals surface area (Å²) in [5.74, 6) is -0.633. The number of nitrogens with zero attached hydrogens (tertiary/aromatic N) is 1. The lowest BCUT2D eigenvalue weighted by Gasteiger charge is -2.41. The molecule has 23 heavy (non-hydrogen) atoms. The number of carbonyl (C=O) groups is 2. The zero-order chi connectivity index (χ0) is 16.3. The Balaban J connectivity index is 1.76. The van der Waals surface area contributed by atoms with E-state index < -0.39 is 5.97 Å². The van der Waals surface area contributed by atoms with E-state index in [1.807, 2.05) is 35.2 Å². The standard InChI is InChI=1S/C18H23NO4/c20-16(10-14-4-2-1-3-5-14)19-13-15(11-17(21)22)12-18(19)6-8-23-9-7-18/h1-5,15H,6-13H2,(H,21,22). The molecule has 0 aliphatic carbocycles. The van der Waals surface area contributed by atoms with Crippen molar-refractivity contribution >= 4 is 11.9 Å². The van der Waals surface area contributed by atoms with Crippen LogP contribution in [0.1, 0.15) is 31.2 Å². The van der Waals surface area contributed by atoms with Crippen LogP contribution in [0.3, 0.4) is 0 Å². The molecule has 2 fully saturated rings. The van der Waals surface area contributed by atoms with Gasteiger partial charge < -0.3 is 14.7 Å². The van der Waals surface area contributed by atoms with E-state index in [9.17, 15) is 9.59 Å². The summed E-state index contributed by atoms with van der Waals surface area (Å²) in [6.45, 7) is 1.85. The van der Waals surface area contributed by atoms with E-state index in [1.54, 1.807) is 0 Å². The lowest BCUT2D eigenvalue weighted by molar-refractivity contribution is -0.139. The zero-order valence-electron chi connectivity index (χ0n) is 13.2. The Bertz CT molecular complexity index is 566. The fourth-order valence-corrected chi connectivity index (χ4v) is 4.01. The fourth-order valence-electron chi connectivity index (χ4n) is 4.01. The molecular weight excluding hydrogens is 294 g/mol. The molecule has 1 unspecified atom stereocenters. The fraction of sp³-hybridized carbons (Fsp3) is 0.556. The Morgan fingerprint density at radius 2 is 1.91 bits per heavy atom. The van der Waals surface area contributed by atoms with Crippen LogP contribution in [0.25, 0.3) is 0 Å². The summed E-state index contributed by atoms with van der Waals surface area (Å²) < 4.78 is 5.46. The van der Waals surface area contributed by atoms with Crippen LogP contribution in [-0.4, -0.2) is 47.2 Å². The molecule has 5 heteroatoms. The Morgan fingerprint density at radius 1 is 1.22 bits per heavy atom. The summed E-state index contributed by atoms with van der Waals surface area (Å²) in [4.78, 5) is 25.9. The van der Waals surface area contributed by atoms with Crippen molar-refractivity contribution < 1.29 is 19.4 Å². The molecule has 1 N–H and O–H groups in total. The molecular formula is C18H23NO4. The quantitative estimate of drug-likeness (QED) is 0.923. The molecule has 1 aromatic rings. The topological polar surface area (TPSA) is 66.8 Å². The number of hydrogen-bond acceptors (Lipinski definition) is 3. The minimum absolute atomic E-state index is 0.0466. The minimum atomic E-state index is -0.783. The van der Waals surface area contributed by atoms with Crippen molar-refractivity contribution in [3.05, 3.63) is 35.9 Å². The Kier molecular flexibility index (Phi) is 4.66. The highest BCUT2D eigenvalue weighted by Crippen LogP contribution is 2.42. The average Bonchev–Trinajstić information content (AvgIpc) is 2.86. The van der Waals surface area contributed by atoms with Gasteiger partial charge in [-0.1, -0.05) is 30.3 Å². The van der Waals surface area contributed by atoms with E-state index in [0.717, 1.165) is 24.8 Å². The van der Waals surface area contributed by atoms with Gasteiger partial charge in [-0.2, -0.15) is 0 Å². The largest absolute Gasteiger partial charge is 0.481 e. The second kappa shape index (κ2) is 6.71. The number of benzene rings is 1. The maximum atomic E-state index is 12.9. The van der Waals surface area contributed by atoms with Crippen LogP contribution in [0.2, 0.25) is 0 Å². The highest BCUT2D eigenvalue weighted by Gasteiger charge is 2.48. The van der Waals surface area contributed by atoms with Crippen molar-refractivity contribution in [3.8, 4) is 0 Å². The van der Waals surface area contributed by atoms with Crippen LogP contribution < -0.4 is 0 Å². The average molecular weight is 317 g/mol. The first-order valence-electron chi connectivity index (χ1n) is 8.23. The number of aliphatic carboxylic acids is 1. The van der Waals surface area contributed by atoms with Gasteiger partial charge in [0, 0.05) is 31.7 Å². The summed E-state index contributed by atoms with van der Waals surface area (Å²) in [5.41, 5.74) is 0.797. The maximum Gasteiger partial charge on any atom is 0.303 e. The van der Waals surface area contributed by atoms with Gasteiger partial charge in [-0.05, 0) is 30.7 Å². The predicted molar refractivity (Wildman–Crippen MR) is 85.0 cm³/mol. The molecule has 2 aliphatic rings. The van der Waals surface area contributed by atoms with Crippen molar-refractivity contribution in [3.63, 3.8) is 0 Å². The van der Waals surface area contributed by atoms with Gasteiger partial charge in [-0.25, -0.2) is 0 Å². The summed E-state index contributed by atoms with van der Waals surface area (Å²) in [7, 11) is 0. The Labute approximate surface area is 136 Å². The van der Waals surface area contributed by atoms with Crippen LogP contribution in [0.15, 0.2) is 30.3 Å². The molecule has 0 aromatic heterocycles. The van der Waals surface area contributed by atoms with Gasteiger partial charge in [0.05, 0.1) is 6.42 Å². The summed E-state index contributed by atoms with van der Waals surface area (Å²) in [6, 6.07) is 9.72. The molecule has 2 aliphatic heterocycles. The molecule has 1 atom stereocenters. The molecule has 0 radical (unpaired) electrons. The lowest BCUT2D eigenvalue weighted by Crippen LogP contribution is -2.51. The predicted octanol–water partition coefficient (Wildman–Crippen LogP) is 2.10. The van der Waals surface area contributed by atoms with E-state index in [1.165, 1.54) is 0 Å². The highest BCUT2D eigenvalue weighted by molar-refractivity contribution is 5.80. The zero-order valence-corrected chi connectivity index (χ0v) is 13.2. The monoisotopic (exact) mass is 317 g/mol. The number of carboxylic acids is 1. The summed E-state index contributed by atoms with van der Waals surface area (Å²) in [5, 5.41) is 9.09. The van der Waals surface area contributed by atoms with Gasteiger partial charge in [0.15, 0.2) is 0 Å². The van der Waals surface area contributed by atoms with Crippen molar-refractivity contribution in [1.29, 1.82) is 0 Å². The van der Waals surface area contributed by atoms with Gasteiger partial charge in [-0.3, -0.25) is 9.59 Å². The van der Waals surface area contributed by atoms with E-state index >= 15 is 0 Å². The number of ether oxygens (including phenoxy) is 1. The third-order valence-corrected chi connectivity index (χ3v) is 5.07. The Hall–Kier alpha value is -1.88. The maximum absolute atomic E-state index is 12.9. The van der Waals surface area contributed by atoms with Gasteiger partial charge in [-0.15, -0.1) is 0 Å². The molecule has 0 bridgehead atoms. The number of hydrogen-bond donors (Lipinski definition) is 1. The molecule has 5 nitrogen and oxygen atoms in total. The molecule has 2 heterocycles. The number of carbonyl (C=O) groups excluding carboxylic acids is 1. The minimum Gasteiger partial charge on any atom is -0.481 e. The Morgan fingerprint density at radius 3 is 2.57 bits per heavy atom. The van der Waals surface area contributed by atoms with Crippen LogP contribution in [0, 0.1) is 5.92 Å². The number of rotatable bonds is 4.